The van der Waals surface area contributed by atoms with Crippen molar-refractivity contribution in [1.29, 1.82) is 0 Å². The van der Waals surface area contributed by atoms with E-state index in [1.165, 1.54) is 0 Å². The normalized spacial score (nSPS) is 35.8. The first kappa shape index (κ1) is 43.5. The highest BCUT2D eigenvalue weighted by atomic mass is 16.7. The topological polar surface area (TPSA) is 139 Å². The molecule has 56 heavy (non-hydrogen) atoms. The summed E-state index contributed by atoms with van der Waals surface area (Å²) in [7, 11) is 0. The van der Waals surface area contributed by atoms with Crippen LogP contribution >= 0.6 is 0 Å². The third kappa shape index (κ3) is 8.91. The molecule has 12 atom stereocenters. The molecule has 0 saturated carbocycles. The number of fused-ring (bicyclic) bond motifs is 1. The van der Waals surface area contributed by atoms with Gasteiger partial charge in [0.05, 0.1) is 30.3 Å². The number of cyclic esters (lactones) is 1. The molecule has 12 heteroatoms. The number of ether oxygens (including phenoxy) is 4. The minimum atomic E-state index is -1.29. The number of carbonyl (C=O) groups is 4. The molecule has 1 amide bonds. The summed E-state index contributed by atoms with van der Waals surface area (Å²) in [5.74, 6) is -3.42. The van der Waals surface area contributed by atoms with Gasteiger partial charge in [-0.25, -0.2) is 9.78 Å². The van der Waals surface area contributed by atoms with Crippen LogP contribution in [-0.2, 0) is 39.9 Å². The highest BCUT2D eigenvalue weighted by Gasteiger charge is 2.61. The third-order valence-electron chi connectivity index (χ3n) is 13.1. The Labute approximate surface area is 333 Å². The lowest BCUT2D eigenvalue weighted by Crippen LogP contribution is -2.59. The first-order valence-corrected chi connectivity index (χ1v) is 21.0. The molecule has 0 aliphatic carbocycles. The number of imidazole rings is 1. The second-order valence-corrected chi connectivity index (χ2v) is 17.7. The van der Waals surface area contributed by atoms with Gasteiger partial charge in [-0.1, -0.05) is 62.3 Å². The summed E-state index contributed by atoms with van der Waals surface area (Å²) >= 11 is 0. The predicted molar refractivity (Wildman–Crippen MR) is 212 cm³/mol. The van der Waals surface area contributed by atoms with Crippen molar-refractivity contribution in [2.45, 2.75) is 157 Å². The van der Waals surface area contributed by atoms with Gasteiger partial charge in [-0.05, 0) is 75.8 Å². The van der Waals surface area contributed by atoms with Gasteiger partial charge in [-0.15, -0.1) is 0 Å². The number of esters is 1. The van der Waals surface area contributed by atoms with Gasteiger partial charge in [0.1, 0.15) is 17.8 Å². The molecule has 0 N–H and O–H groups in total. The molecule has 0 bridgehead atoms. The fourth-order valence-corrected chi connectivity index (χ4v) is 9.80. The second kappa shape index (κ2) is 17.9. The number of aryl methyl sites for hydroxylation is 1. The largest absolute Gasteiger partial charge is 0.457 e. The van der Waals surface area contributed by atoms with Gasteiger partial charge in [0.25, 0.3) is 0 Å². The van der Waals surface area contributed by atoms with Gasteiger partial charge >= 0.3 is 12.1 Å². The fourth-order valence-electron chi connectivity index (χ4n) is 9.80. The summed E-state index contributed by atoms with van der Waals surface area (Å²) in [6.07, 6.45) is 8.07. The summed E-state index contributed by atoms with van der Waals surface area (Å²) in [5, 5.41) is 0. The van der Waals surface area contributed by atoms with Crippen molar-refractivity contribution in [3.63, 3.8) is 0 Å². The molecule has 3 aliphatic heterocycles. The van der Waals surface area contributed by atoms with E-state index in [1.807, 2.05) is 78.3 Å². The van der Waals surface area contributed by atoms with Crippen LogP contribution in [0.5, 0.6) is 0 Å². The number of amides is 1. The number of pyridine rings is 1. The maximum atomic E-state index is 14.7. The van der Waals surface area contributed by atoms with Crippen LogP contribution in [0.1, 0.15) is 115 Å². The predicted octanol–water partition coefficient (Wildman–Crippen LogP) is 7.92. The number of hydrogen-bond acceptors (Lipinski definition) is 10. The molecular formula is C44H66N4O8. The van der Waals surface area contributed by atoms with E-state index in [0.29, 0.717) is 44.7 Å². The Morgan fingerprint density at radius 3 is 2.32 bits per heavy atom. The summed E-state index contributed by atoms with van der Waals surface area (Å²) in [4.78, 5) is 67.4. The zero-order valence-electron chi connectivity index (χ0n) is 35.5. The van der Waals surface area contributed by atoms with Crippen LogP contribution in [0.2, 0.25) is 0 Å². The van der Waals surface area contributed by atoms with Gasteiger partial charge in [-0.2, -0.15) is 0 Å². The van der Waals surface area contributed by atoms with Crippen LogP contribution in [0.25, 0.3) is 11.3 Å². The molecule has 2 aromatic heterocycles. The number of ketones is 2. The average molecular weight is 779 g/mol. The Morgan fingerprint density at radius 1 is 0.946 bits per heavy atom. The minimum absolute atomic E-state index is 0.00524. The van der Waals surface area contributed by atoms with Crippen molar-refractivity contribution in [1.82, 2.24) is 19.4 Å². The molecule has 2 aromatic rings. The summed E-state index contributed by atoms with van der Waals surface area (Å²) in [5.41, 5.74) is -0.194. The molecule has 5 heterocycles. The van der Waals surface area contributed by atoms with Gasteiger partial charge in [0, 0.05) is 60.9 Å². The zero-order chi connectivity index (χ0) is 41.1. The standard InChI is InChI=1S/C44H66N4O8/c1-12-35-44(13-2)38(48(42(52)56-44)20-15-14-19-47-24-34(46-25-47)33-17-16-18-45-23-33)30(7)36(49)27(4)22-43(10,11)39(31(8)37(50)32(9)40(51)54-35)55-41-29(6)26(3)21-28(5)53-41/h16-18,23-32,35,38-39,41H,12-15,19-22H2,1-11H3/t26-,27+,28+,29+,30-,31-,32+,35+,38+,39+,41?,44+/m0/s1. The zero-order valence-corrected chi connectivity index (χ0v) is 35.5. The third-order valence-corrected chi connectivity index (χ3v) is 13.1. The van der Waals surface area contributed by atoms with Gasteiger partial charge < -0.3 is 28.4 Å². The van der Waals surface area contributed by atoms with Gasteiger partial charge in [-0.3, -0.25) is 19.4 Å². The maximum absolute atomic E-state index is 14.7. The number of nitrogens with zero attached hydrogens (tertiary/aromatic N) is 4. The van der Waals surface area contributed by atoms with Crippen LogP contribution < -0.4 is 0 Å². The molecule has 0 spiro atoms. The first-order valence-electron chi connectivity index (χ1n) is 21.0. The number of rotatable bonds is 10. The monoisotopic (exact) mass is 778 g/mol. The quantitative estimate of drug-likeness (QED) is 0.133. The number of carbonyl (C=O) groups excluding carboxylic acids is 4. The van der Waals surface area contributed by atoms with E-state index in [1.54, 1.807) is 30.5 Å². The Hall–Kier alpha value is -3.64. The Kier molecular flexibility index (Phi) is 13.9. The van der Waals surface area contributed by atoms with E-state index in [2.05, 4.69) is 23.8 Å². The van der Waals surface area contributed by atoms with E-state index >= 15 is 0 Å². The molecular weight excluding hydrogens is 713 g/mol. The molecule has 0 radical (unpaired) electrons. The lowest BCUT2D eigenvalue weighted by Gasteiger charge is -2.46. The molecule has 310 valence electrons. The van der Waals surface area contributed by atoms with Crippen molar-refractivity contribution >= 4 is 23.6 Å². The first-order chi connectivity index (χ1) is 26.4. The summed E-state index contributed by atoms with van der Waals surface area (Å²) in [6.45, 7) is 22.4. The molecule has 5 rings (SSSR count). The average Bonchev–Trinajstić information content (AvgIpc) is 3.76. The SMILES string of the molecule is CC[C@H]1OC(=O)[C@H](C)C(=O)[C@H](C)[C@@H](OC2O[C@H](C)C[C@H](C)[C@H]2C)C(C)(C)C[C@@H](C)C(=O)[C@H](C)[C@H]2N(CCCCn3cnc(-c4cccnc4)c3)C(=O)O[C@]12CC. The lowest BCUT2D eigenvalue weighted by molar-refractivity contribution is -0.267. The number of aromatic nitrogens is 3. The van der Waals surface area contributed by atoms with Crippen molar-refractivity contribution in [2.24, 2.45) is 40.9 Å². The Balaban J connectivity index is 1.43. The van der Waals surface area contributed by atoms with E-state index in [0.717, 1.165) is 24.1 Å². The molecule has 1 unspecified atom stereocenters. The maximum Gasteiger partial charge on any atom is 0.410 e. The van der Waals surface area contributed by atoms with Crippen LogP contribution in [-0.4, -0.2) is 85.9 Å². The Bertz CT molecular complexity index is 1680. The summed E-state index contributed by atoms with van der Waals surface area (Å²) < 4.78 is 27.7. The number of unbranched alkanes of at least 4 members (excludes halogenated alkanes) is 1. The Morgan fingerprint density at radius 2 is 1.66 bits per heavy atom. The second-order valence-electron chi connectivity index (χ2n) is 17.7. The van der Waals surface area contributed by atoms with Crippen molar-refractivity contribution in [3.8, 4) is 11.3 Å². The fraction of sp³-hybridized carbons (Fsp3) is 0.727. The van der Waals surface area contributed by atoms with E-state index in [9.17, 15) is 19.2 Å². The van der Waals surface area contributed by atoms with Crippen LogP contribution in [0.3, 0.4) is 0 Å². The van der Waals surface area contributed by atoms with E-state index in [4.69, 9.17) is 18.9 Å². The summed E-state index contributed by atoms with van der Waals surface area (Å²) in [6, 6.07) is 3.15. The van der Waals surface area contributed by atoms with E-state index in [-0.39, 0.29) is 23.6 Å². The molecule has 0 aromatic carbocycles. The van der Waals surface area contributed by atoms with Gasteiger partial charge in [0.15, 0.2) is 17.7 Å². The van der Waals surface area contributed by atoms with Crippen LogP contribution in [0, 0.1) is 40.9 Å². The molecule has 3 aliphatic rings. The highest BCUT2D eigenvalue weighted by molar-refractivity contribution is 6.00. The van der Waals surface area contributed by atoms with Gasteiger partial charge in [0.2, 0.25) is 0 Å². The van der Waals surface area contributed by atoms with Crippen molar-refractivity contribution in [3.05, 3.63) is 37.1 Å². The van der Waals surface area contributed by atoms with Crippen molar-refractivity contribution in [2.75, 3.05) is 6.54 Å². The lowest BCUT2D eigenvalue weighted by atomic mass is 9.68. The molecule has 3 saturated heterocycles. The minimum Gasteiger partial charge on any atom is -0.457 e. The number of hydrogen-bond donors (Lipinski definition) is 0. The smallest absolute Gasteiger partial charge is 0.410 e. The number of Topliss-reactive ketones (excluding diaryl/α,β-unsaturated/α-hetero) is 2. The van der Waals surface area contributed by atoms with E-state index < -0.39 is 71.3 Å². The van der Waals surface area contributed by atoms with Crippen LogP contribution in [0.15, 0.2) is 37.1 Å². The molecule has 12 nitrogen and oxygen atoms in total. The van der Waals surface area contributed by atoms with Crippen molar-refractivity contribution < 1.29 is 38.1 Å². The highest BCUT2D eigenvalue weighted by Crippen LogP contribution is 2.46. The van der Waals surface area contributed by atoms with Crippen LogP contribution in [0.4, 0.5) is 4.79 Å². The molecule has 3 fully saturated rings.